The van der Waals surface area contributed by atoms with Crippen molar-refractivity contribution in [3.63, 3.8) is 0 Å². The Morgan fingerprint density at radius 3 is 3.10 bits per heavy atom. The fraction of sp³-hybridized carbons (Fsp3) is 0.0667. The van der Waals surface area contributed by atoms with Crippen molar-refractivity contribution < 1.29 is 9.21 Å². The number of fused-ring (bicyclic) bond motifs is 2. The molecule has 98 valence electrons. The molecule has 0 radical (unpaired) electrons. The zero-order valence-corrected chi connectivity index (χ0v) is 11.3. The highest BCUT2D eigenvalue weighted by molar-refractivity contribution is 7.15. The van der Waals surface area contributed by atoms with Crippen LogP contribution in [0.3, 0.4) is 0 Å². The van der Waals surface area contributed by atoms with Crippen LogP contribution in [0.2, 0.25) is 0 Å². The molecule has 20 heavy (non-hydrogen) atoms. The maximum absolute atomic E-state index is 12.2. The summed E-state index contributed by atoms with van der Waals surface area (Å²) in [6.45, 7) is 0. The molecule has 0 atom stereocenters. The van der Waals surface area contributed by atoms with E-state index in [0.29, 0.717) is 5.76 Å². The van der Waals surface area contributed by atoms with Crippen LogP contribution in [0.25, 0.3) is 15.9 Å². The van der Waals surface area contributed by atoms with Gasteiger partial charge in [0.25, 0.3) is 0 Å². The number of para-hydroxylation sites is 1. The number of hydrogen-bond acceptors (Lipinski definition) is 4. The highest BCUT2D eigenvalue weighted by Crippen LogP contribution is 2.20. The van der Waals surface area contributed by atoms with Gasteiger partial charge in [0.05, 0.1) is 12.1 Å². The van der Waals surface area contributed by atoms with E-state index in [-0.39, 0.29) is 12.2 Å². The van der Waals surface area contributed by atoms with E-state index in [1.54, 1.807) is 17.4 Å². The molecule has 5 heteroatoms. The van der Waals surface area contributed by atoms with Crippen molar-refractivity contribution in [2.75, 3.05) is 0 Å². The summed E-state index contributed by atoms with van der Waals surface area (Å²) in [6.07, 6.45) is 4.07. The minimum atomic E-state index is -0.0491. The summed E-state index contributed by atoms with van der Waals surface area (Å²) in [4.78, 5) is 17.6. The zero-order chi connectivity index (χ0) is 13.5. The smallest absolute Gasteiger partial charge is 0.204 e. The van der Waals surface area contributed by atoms with E-state index in [1.165, 1.54) is 0 Å². The standard InChI is InChI=1S/C15H10N2O2S/c18-12(8-11-9-17-5-6-20-15(17)16-11)14-7-10-3-1-2-4-13(10)19-14/h1-7,9H,8H2. The first-order valence-corrected chi connectivity index (χ1v) is 7.10. The van der Waals surface area contributed by atoms with Gasteiger partial charge in [-0.1, -0.05) is 18.2 Å². The van der Waals surface area contributed by atoms with Gasteiger partial charge in [-0.25, -0.2) is 4.98 Å². The predicted octanol–water partition coefficient (Wildman–Crippen LogP) is 3.57. The molecule has 0 aliphatic heterocycles. The van der Waals surface area contributed by atoms with E-state index in [2.05, 4.69) is 4.98 Å². The normalized spacial score (nSPS) is 11.4. The Balaban J connectivity index is 1.64. The lowest BCUT2D eigenvalue weighted by atomic mass is 10.2. The number of carbonyl (C=O) groups excluding carboxylic acids is 1. The topological polar surface area (TPSA) is 47.5 Å². The molecule has 4 nitrogen and oxygen atoms in total. The second kappa shape index (κ2) is 4.31. The van der Waals surface area contributed by atoms with Crippen LogP contribution in [0.4, 0.5) is 0 Å². The number of hydrogen-bond donors (Lipinski definition) is 0. The van der Waals surface area contributed by atoms with Crippen LogP contribution in [0.5, 0.6) is 0 Å². The Bertz CT molecular complexity index is 855. The van der Waals surface area contributed by atoms with Gasteiger partial charge in [0.15, 0.2) is 10.7 Å². The van der Waals surface area contributed by atoms with Gasteiger partial charge in [-0.05, 0) is 12.1 Å². The minimum Gasteiger partial charge on any atom is -0.453 e. The number of nitrogens with zero attached hydrogens (tertiary/aromatic N) is 2. The lowest BCUT2D eigenvalue weighted by molar-refractivity contribution is 0.0967. The van der Waals surface area contributed by atoms with E-state index in [0.717, 1.165) is 21.6 Å². The van der Waals surface area contributed by atoms with Crippen LogP contribution in [0, 0.1) is 0 Å². The molecule has 4 rings (SSSR count). The molecule has 0 unspecified atom stereocenters. The van der Waals surface area contributed by atoms with Crippen LogP contribution in [0.15, 0.2) is 52.5 Å². The van der Waals surface area contributed by atoms with Crippen LogP contribution < -0.4 is 0 Å². The molecule has 0 spiro atoms. The first-order valence-electron chi connectivity index (χ1n) is 6.22. The maximum atomic E-state index is 12.2. The molecule has 3 heterocycles. The summed E-state index contributed by atoms with van der Waals surface area (Å²) in [5.41, 5.74) is 1.50. The molecule has 0 aliphatic rings. The monoisotopic (exact) mass is 282 g/mol. The van der Waals surface area contributed by atoms with E-state index in [9.17, 15) is 4.79 Å². The largest absolute Gasteiger partial charge is 0.453 e. The zero-order valence-electron chi connectivity index (χ0n) is 10.4. The van der Waals surface area contributed by atoms with Gasteiger partial charge in [0.2, 0.25) is 5.78 Å². The van der Waals surface area contributed by atoms with E-state index in [1.807, 2.05) is 46.4 Å². The van der Waals surface area contributed by atoms with E-state index in [4.69, 9.17) is 4.42 Å². The molecular weight excluding hydrogens is 272 g/mol. The Hall–Kier alpha value is -2.40. The molecule has 1 aromatic carbocycles. The van der Waals surface area contributed by atoms with Crippen molar-refractivity contribution in [2.45, 2.75) is 6.42 Å². The fourth-order valence-electron chi connectivity index (χ4n) is 2.23. The molecule has 0 amide bonds. The van der Waals surface area contributed by atoms with Crippen LogP contribution >= 0.6 is 11.3 Å². The average molecular weight is 282 g/mol. The van der Waals surface area contributed by atoms with Gasteiger partial charge in [-0.3, -0.25) is 9.20 Å². The highest BCUT2D eigenvalue weighted by Gasteiger charge is 2.14. The van der Waals surface area contributed by atoms with Gasteiger partial charge in [0.1, 0.15) is 5.58 Å². The second-order valence-electron chi connectivity index (χ2n) is 4.57. The Labute approximate surface area is 118 Å². The summed E-state index contributed by atoms with van der Waals surface area (Å²) in [7, 11) is 0. The number of imidazole rings is 1. The first kappa shape index (κ1) is 11.4. The molecule has 0 aliphatic carbocycles. The molecular formula is C15H10N2O2S. The number of benzene rings is 1. The maximum Gasteiger partial charge on any atom is 0.204 e. The molecule has 0 saturated heterocycles. The van der Waals surface area contributed by atoms with E-state index >= 15 is 0 Å². The van der Waals surface area contributed by atoms with Gasteiger partial charge in [-0.2, -0.15) is 0 Å². The van der Waals surface area contributed by atoms with Crippen LogP contribution in [-0.2, 0) is 6.42 Å². The molecule has 4 aromatic rings. The minimum absolute atomic E-state index is 0.0491. The third kappa shape index (κ3) is 1.83. The summed E-state index contributed by atoms with van der Waals surface area (Å²) < 4.78 is 7.50. The summed E-state index contributed by atoms with van der Waals surface area (Å²) in [5.74, 6) is 0.342. The average Bonchev–Trinajstić information content (AvgIpc) is 3.10. The van der Waals surface area contributed by atoms with Gasteiger partial charge in [0, 0.05) is 23.2 Å². The van der Waals surface area contributed by atoms with Crippen molar-refractivity contribution >= 4 is 33.1 Å². The van der Waals surface area contributed by atoms with Crippen molar-refractivity contribution in [3.05, 3.63) is 59.6 Å². The third-order valence-corrected chi connectivity index (χ3v) is 3.96. The van der Waals surface area contributed by atoms with Crippen molar-refractivity contribution in [1.29, 1.82) is 0 Å². The van der Waals surface area contributed by atoms with E-state index < -0.39 is 0 Å². The first-order chi connectivity index (χ1) is 9.79. The van der Waals surface area contributed by atoms with Crippen LogP contribution in [-0.4, -0.2) is 15.2 Å². The molecule has 0 saturated carbocycles. The molecule has 0 fully saturated rings. The quantitative estimate of drug-likeness (QED) is 0.540. The SMILES string of the molecule is O=C(Cc1cn2ccsc2n1)c1cc2ccccc2o1. The number of Topliss-reactive ketones (excluding diaryl/α,β-unsaturated/α-hetero) is 1. The number of rotatable bonds is 3. The Morgan fingerprint density at radius 1 is 1.35 bits per heavy atom. The summed E-state index contributed by atoms with van der Waals surface area (Å²) >= 11 is 1.55. The van der Waals surface area contributed by atoms with Crippen molar-refractivity contribution in [1.82, 2.24) is 9.38 Å². The lowest BCUT2D eigenvalue weighted by Crippen LogP contribution is -2.02. The molecule has 0 N–H and O–H groups in total. The summed E-state index contributed by atoms with van der Waals surface area (Å²) in [6, 6.07) is 9.40. The molecule has 0 bridgehead atoms. The van der Waals surface area contributed by atoms with Gasteiger partial charge in [-0.15, -0.1) is 11.3 Å². The van der Waals surface area contributed by atoms with Crippen molar-refractivity contribution in [2.24, 2.45) is 0 Å². The predicted molar refractivity (Wildman–Crippen MR) is 77.3 cm³/mol. The Morgan fingerprint density at radius 2 is 2.25 bits per heavy atom. The lowest BCUT2D eigenvalue weighted by Gasteiger charge is -1.92. The number of aromatic nitrogens is 2. The Kier molecular flexibility index (Phi) is 2.47. The number of ketones is 1. The molecule has 3 aromatic heterocycles. The number of thiazole rings is 1. The fourth-order valence-corrected chi connectivity index (χ4v) is 2.95. The highest BCUT2D eigenvalue weighted by atomic mass is 32.1. The van der Waals surface area contributed by atoms with Gasteiger partial charge >= 0.3 is 0 Å². The third-order valence-electron chi connectivity index (χ3n) is 3.19. The number of furan rings is 1. The van der Waals surface area contributed by atoms with Crippen LogP contribution in [0.1, 0.15) is 16.2 Å². The number of carbonyl (C=O) groups is 1. The second-order valence-corrected chi connectivity index (χ2v) is 5.45. The van der Waals surface area contributed by atoms with Crippen molar-refractivity contribution in [3.8, 4) is 0 Å². The van der Waals surface area contributed by atoms with Gasteiger partial charge < -0.3 is 4.42 Å². The summed E-state index contributed by atoms with van der Waals surface area (Å²) in [5, 5.41) is 2.91.